The number of benzene rings is 1. The summed E-state index contributed by atoms with van der Waals surface area (Å²) in [5, 5.41) is 2.87. The van der Waals surface area contributed by atoms with Crippen molar-refractivity contribution in [2.45, 2.75) is 19.4 Å². The van der Waals surface area contributed by atoms with E-state index in [1.54, 1.807) is 23.2 Å². The number of carbonyl (C=O) groups is 2. The van der Waals surface area contributed by atoms with E-state index in [0.717, 1.165) is 18.5 Å². The van der Waals surface area contributed by atoms with Crippen molar-refractivity contribution in [1.82, 2.24) is 9.88 Å². The van der Waals surface area contributed by atoms with Gasteiger partial charge >= 0.3 is 6.03 Å². The monoisotopic (exact) mass is 354 g/mol. The fraction of sp³-hybridized carbons (Fsp3) is 0.316. The number of carbonyl (C=O) groups excluding carboxylic acids is 2. The third-order valence-electron chi connectivity index (χ3n) is 4.34. The Morgan fingerprint density at radius 1 is 1.23 bits per heavy atom. The zero-order valence-electron chi connectivity index (χ0n) is 14.4. The second-order valence-corrected chi connectivity index (χ2v) is 6.22. The van der Waals surface area contributed by atoms with Crippen LogP contribution in [0, 0.1) is 5.92 Å². The number of rotatable bonds is 5. The number of nitrogens with two attached hydrogens (primary N) is 1. The number of urea groups is 1. The number of amides is 3. The summed E-state index contributed by atoms with van der Waals surface area (Å²) in [6.07, 6.45) is 3.19. The molecular formula is C19H22N4O3. The second kappa shape index (κ2) is 8.33. The quantitative estimate of drug-likeness (QED) is 0.861. The third kappa shape index (κ3) is 4.50. The molecule has 1 aliphatic heterocycles. The van der Waals surface area contributed by atoms with Crippen LogP contribution in [-0.2, 0) is 11.4 Å². The molecular weight excluding hydrogens is 332 g/mol. The molecule has 0 saturated carbocycles. The predicted octanol–water partition coefficient (Wildman–Crippen LogP) is 2.39. The molecule has 0 aliphatic carbocycles. The summed E-state index contributed by atoms with van der Waals surface area (Å²) in [6.45, 7) is 1.26. The molecule has 1 saturated heterocycles. The van der Waals surface area contributed by atoms with Crippen LogP contribution < -0.4 is 15.8 Å². The van der Waals surface area contributed by atoms with E-state index in [4.69, 9.17) is 10.5 Å². The summed E-state index contributed by atoms with van der Waals surface area (Å²) in [5.41, 5.74) is 6.76. The van der Waals surface area contributed by atoms with Gasteiger partial charge in [0.05, 0.1) is 17.3 Å². The fourth-order valence-corrected chi connectivity index (χ4v) is 2.92. The summed E-state index contributed by atoms with van der Waals surface area (Å²) in [5.74, 6) is -0.0818. The predicted molar refractivity (Wildman–Crippen MR) is 97.5 cm³/mol. The molecule has 26 heavy (non-hydrogen) atoms. The largest absolute Gasteiger partial charge is 0.485 e. The van der Waals surface area contributed by atoms with Gasteiger partial charge in [0.2, 0.25) is 5.91 Å². The van der Waals surface area contributed by atoms with Gasteiger partial charge in [-0.15, -0.1) is 0 Å². The minimum atomic E-state index is -0.360. The third-order valence-corrected chi connectivity index (χ3v) is 4.34. The Kier molecular flexibility index (Phi) is 5.68. The lowest BCUT2D eigenvalue weighted by atomic mass is 9.98. The van der Waals surface area contributed by atoms with Gasteiger partial charge in [0, 0.05) is 19.3 Å². The molecule has 2 aromatic rings. The Hall–Kier alpha value is -3.09. The van der Waals surface area contributed by atoms with Gasteiger partial charge in [-0.25, -0.2) is 4.79 Å². The van der Waals surface area contributed by atoms with E-state index in [2.05, 4.69) is 10.3 Å². The molecule has 3 rings (SSSR count). The number of para-hydroxylation sites is 2. The van der Waals surface area contributed by atoms with Crippen LogP contribution in [0.25, 0.3) is 0 Å². The lowest BCUT2D eigenvalue weighted by Gasteiger charge is -2.31. The lowest BCUT2D eigenvalue weighted by Crippen LogP contribution is -2.45. The van der Waals surface area contributed by atoms with Crippen LogP contribution in [0.5, 0.6) is 5.75 Å². The number of pyridine rings is 1. The highest BCUT2D eigenvalue weighted by molar-refractivity contribution is 5.91. The Morgan fingerprint density at radius 3 is 2.81 bits per heavy atom. The summed E-state index contributed by atoms with van der Waals surface area (Å²) in [6, 6.07) is 12.6. The van der Waals surface area contributed by atoms with Crippen LogP contribution in [0.15, 0.2) is 48.7 Å². The first kappa shape index (κ1) is 17.7. The van der Waals surface area contributed by atoms with Crippen molar-refractivity contribution < 1.29 is 14.3 Å². The average molecular weight is 354 g/mol. The molecule has 1 aliphatic rings. The van der Waals surface area contributed by atoms with Crippen LogP contribution in [0.3, 0.4) is 0 Å². The number of nitrogens with zero attached hydrogens (tertiary/aromatic N) is 2. The SMILES string of the molecule is NC(=O)[C@@H]1CCCN(C(=O)Nc2ccccc2OCc2ccccn2)C1. The van der Waals surface area contributed by atoms with Gasteiger partial charge < -0.3 is 20.7 Å². The smallest absolute Gasteiger partial charge is 0.321 e. The molecule has 0 spiro atoms. The maximum absolute atomic E-state index is 12.6. The van der Waals surface area contributed by atoms with Gasteiger partial charge in [-0.3, -0.25) is 9.78 Å². The number of nitrogens with one attached hydrogen (secondary N) is 1. The number of aromatic nitrogens is 1. The van der Waals surface area contributed by atoms with Gasteiger partial charge in [0.15, 0.2) is 0 Å². The van der Waals surface area contributed by atoms with E-state index in [1.165, 1.54) is 0 Å². The average Bonchev–Trinajstić information content (AvgIpc) is 2.68. The number of likely N-dealkylation sites (tertiary alicyclic amines) is 1. The van der Waals surface area contributed by atoms with Crippen molar-refractivity contribution in [3.05, 3.63) is 54.4 Å². The maximum Gasteiger partial charge on any atom is 0.321 e. The van der Waals surface area contributed by atoms with E-state index in [-0.39, 0.29) is 17.9 Å². The van der Waals surface area contributed by atoms with Gasteiger partial charge in [0.25, 0.3) is 0 Å². The molecule has 136 valence electrons. The van der Waals surface area contributed by atoms with Crippen molar-refractivity contribution in [2.24, 2.45) is 11.7 Å². The summed E-state index contributed by atoms with van der Waals surface area (Å²) >= 11 is 0. The number of anilines is 1. The summed E-state index contributed by atoms with van der Waals surface area (Å²) in [4.78, 5) is 29.8. The normalized spacial score (nSPS) is 16.8. The van der Waals surface area contributed by atoms with Crippen LogP contribution in [-0.4, -0.2) is 34.9 Å². The van der Waals surface area contributed by atoms with E-state index in [1.807, 2.05) is 30.3 Å². The first-order chi connectivity index (χ1) is 12.6. The van der Waals surface area contributed by atoms with Crippen LogP contribution in [0.4, 0.5) is 10.5 Å². The molecule has 1 aromatic heterocycles. The highest BCUT2D eigenvalue weighted by Crippen LogP contribution is 2.26. The van der Waals surface area contributed by atoms with E-state index in [9.17, 15) is 9.59 Å². The van der Waals surface area contributed by atoms with Crippen LogP contribution in [0.1, 0.15) is 18.5 Å². The standard InChI is InChI=1S/C19H22N4O3/c20-18(24)14-6-5-11-23(12-14)19(25)22-16-8-1-2-9-17(16)26-13-15-7-3-4-10-21-15/h1-4,7-10,14H,5-6,11-13H2,(H2,20,24)(H,22,25)/t14-/m1/s1. The first-order valence-electron chi connectivity index (χ1n) is 8.60. The summed E-state index contributed by atoms with van der Waals surface area (Å²) in [7, 11) is 0. The van der Waals surface area contributed by atoms with Crippen molar-refractivity contribution in [1.29, 1.82) is 0 Å². The number of piperidine rings is 1. The minimum Gasteiger partial charge on any atom is -0.485 e. The minimum absolute atomic E-state index is 0.259. The van der Waals surface area contributed by atoms with E-state index < -0.39 is 0 Å². The zero-order chi connectivity index (χ0) is 18.4. The van der Waals surface area contributed by atoms with E-state index in [0.29, 0.717) is 31.1 Å². The van der Waals surface area contributed by atoms with Crippen molar-refractivity contribution >= 4 is 17.6 Å². The Morgan fingerprint density at radius 2 is 2.04 bits per heavy atom. The molecule has 7 nitrogen and oxygen atoms in total. The first-order valence-corrected chi connectivity index (χ1v) is 8.60. The van der Waals surface area contributed by atoms with Gasteiger partial charge in [-0.05, 0) is 37.1 Å². The van der Waals surface area contributed by atoms with Gasteiger partial charge in [0.1, 0.15) is 12.4 Å². The number of hydrogen-bond donors (Lipinski definition) is 2. The van der Waals surface area contributed by atoms with Crippen molar-refractivity contribution in [3.8, 4) is 5.75 Å². The molecule has 1 aromatic carbocycles. The molecule has 0 unspecified atom stereocenters. The van der Waals surface area contributed by atoms with Crippen molar-refractivity contribution in [3.63, 3.8) is 0 Å². The second-order valence-electron chi connectivity index (χ2n) is 6.22. The lowest BCUT2D eigenvalue weighted by molar-refractivity contribution is -0.123. The Balaban J connectivity index is 1.64. The molecule has 2 heterocycles. The molecule has 0 radical (unpaired) electrons. The van der Waals surface area contributed by atoms with Crippen LogP contribution >= 0.6 is 0 Å². The number of primary amides is 1. The maximum atomic E-state index is 12.6. The van der Waals surface area contributed by atoms with Gasteiger partial charge in [-0.2, -0.15) is 0 Å². The zero-order valence-corrected chi connectivity index (χ0v) is 14.4. The molecule has 0 bridgehead atoms. The van der Waals surface area contributed by atoms with E-state index >= 15 is 0 Å². The Labute approximate surface area is 152 Å². The number of ether oxygens (including phenoxy) is 1. The van der Waals surface area contributed by atoms with Crippen LogP contribution in [0.2, 0.25) is 0 Å². The molecule has 1 atom stereocenters. The fourth-order valence-electron chi connectivity index (χ4n) is 2.92. The number of hydrogen-bond acceptors (Lipinski definition) is 4. The summed E-state index contributed by atoms with van der Waals surface area (Å²) < 4.78 is 5.80. The van der Waals surface area contributed by atoms with Crippen molar-refractivity contribution in [2.75, 3.05) is 18.4 Å². The topological polar surface area (TPSA) is 97.6 Å². The molecule has 3 amide bonds. The Bertz CT molecular complexity index is 766. The highest BCUT2D eigenvalue weighted by Gasteiger charge is 2.27. The highest BCUT2D eigenvalue weighted by atomic mass is 16.5. The molecule has 3 N–H and O–H groups in total. The van der Waals surface area contributed by atoms with Gasteiger partial charge in [-0.1, -0.05) is 18.2 Å². The molecule has 7 heteroatoms. The molecule has 1 fully saturated rings.